The average molecular weight is 1110 g/mol. The molecule has 11 aromatic rings. The molecule has 0 radical (unpaired) electrons. The second-order valence-electron chi connectivity index (χ2n) is 25.9. The summed E-state index contributed by atoms with van der Waals surface area (Å²) in [5.74, 6) is -4.60. The van der Waals surface area contributed by atoms with Gasteiger partial charge >= 0.3 is 0 Å². The number of phenolic OH excluding ortho intramolecular Hbond substituents is 5. The fourth-order valence-corrected chi connectivity index (χ4v) is 12.8. The summed E-state index contributed by atoms with van der Waals surface area (Å²) in [5, 5.41) is 59.1. The number of fused-ring (bicyclic) bond motifs is 7. The number of aromatic hydroxyl groups is 5. The lowest BCUT2D eigenvalue weighted by molar-refractivity contribution is 0.329. The number of furan rings is 1. The van der Waals surface area contributed by atoms with Crippen molar-refractivity contribution in [3.63, 3.8) is 0 Å². The minimum absolute atomic E-state index is 0.0755. The molecule has 10 heteroatoms. The van der Waals surface area contributed by atoms with Crippen LogP contribution in [0, 0.1) is 13.8 Å². The molecule has 5 N–H and O–H groups in total. The third-order valence-electron chi connectivity index (χ3n) is 17.3. The second kappa shape index (κ2) is 19.3. The molecule has 0 amide bonds. The van der Waals surface area contributed by atoms with Crippen LogP contribution in [-0.4, -0.2) is 32.2 Å². The summed E-state index contributed by atoms with van der Waals surface area (Å²) in [5.41, 5.74) is 20.9. The maximum Gasteiger partial charge on any atom is 0.252 e. The summed E-state index contributed by atoms with van der Waals surface area (Å²) in [7, 11) is 0. The van der Waals surface area contributed by atoms with Gasteiger partial charge in [-0.2, -0.15) is 0 Å². The quantitative estimate of drug-likeness (QED) is 0.0603. The molecule has 9 nitrogen and oxygen atoms in total. The van der Waals surface area contributed by atoms with Crippen molar-refractivity contribution >= 4 is 96.2 Å². The molecule has 3 heterocycles. The summed E-state index contributed by atoms with van der Waals surface area (Å²) >= 11 is 0. The van der Waals surface area contributed by atoms with E-state index in [1.165, 1.54) is 16.7 Å². The Hall–Kier alpha value is -9.54. The van der Waals surface area contributed by atoms with Crippen molar-refractivity contribution in [2.75, 3.05) is 14.7 Å². The zero-order valence-electron chi connectivity index (χ0n) is 49.4. The first-order valence-electron chi connectivity index (χ1n) is 28.8. The molecular weight excluding hydrogens is 1040 g/mol. The van der Waals surface area contributed by atoms with Gasteiger partial charge in [-0.15, -0.1) is 0 Å². The standard InChI is InChI=1S/C74H68BN3O6/c1-42-36-48(73(6,7)8)37-43(2)64(42)78-58-38-46(44-18-13-12-14-19-44)26-34-56(58)75-57-35-33-52(76(50-31-27-47(28-32-50)72(3,4)5)65-66(79)68(81)70(83)69(82)67(65)80)41-59(57)77(60-39-49(74(9,10)11)40-61(78)63(60)75)51-29-24-45(25-30-51)53-21-17-22-55-54-20-15-16-23-62(54)84-71(53)55/h12-41,79-83H,1-11H3. The average Bonchev–Trinajstić information content (AvgIpc) is 1.59. The number of hydrogen-bond donors (Lipinski definition) is 5. The van der Waals surface area contributed by atoms with Crippen LogP contribution in [0.3, 0.4) is 0 Å². The lowest BCUT2D eigenvalue weighted by atomic mass is 9.33. The van der Waals surface area contributed by atoms with Crippen LogP contribution in [-0.2, 0) is 16.2 Å². The van der Waals surface area contributed by atoms with Gasteiger partial charge in [0.15, 0.2) is 11.5 Å². The SMILES string of the molecule is Cc1cc(C(C)(C)C)cc(C)c1N1c2cc(-c3ccccc3)ccc2B2c3ccc(N(c4ccc(C(C)(C)C)cc4)c4c(O)c(O)c(O)c(O)c4O)cc3N(c3ccc(-c4cccc5c4oc4ccccc45)cc3)c3cc(C(C)(C)C)cc1c32. The van der Waals surface area contributed by atoms with Crippen molar-refractivity contribution in [3.8, 4) is 51.0 Å². The van der Waals surface area contributed by atoms with Crippen LogP contribution in [0.25, 0.3) is 44.2 Å². The van der Waals surface area contributed by atoms with E-state index < -0.39 is 28.7 Å². The molecule has 13 rings (SSSR count). The highest BCUT2D eigenvalue weighted by molar-refractivity contribution is 7.00. The van der Waals surface area contributed by atoms with E-state index in [1.54, 1.807) is 4.90 Å². The summed E-state index contributed by atoms with van der Waals surface area (Å²) in [6.45, 7) is 24.2. The van der Waals surface area contributed by atoms with E-state index in [0.29, 0.717) is 11.4 Å². The van der Waals surface area contributed by atoms with Gasteiger partial charge in [-0.25, -0.2) is 0 Å². The molecule has 0 spiro atoms. The third kappa shape index (κ3) is 8.60. The Morgan fingerprint density at radius 3 is 1.57 bits per heavy atom. The Bertz CT molecular complexity index is 4420. The van der Waals surface area contributed by atoms with E-state index in [1.807, 2.05) is 48.5 Å². The van der Waals surface area contributed by atoms with Crippen LogP contribution in [0.15, 0.2) is 186 Å². The summed E-state index contributed by atoms with van der Waals surface area (Å²) in [4.78, 5) is 6.48. The van der Waals surface area contributed by atoms with Crippen LogP contribution in [0.2, 0.25) is 0 Å². The Morgan fingerprint density at radius 2 is 0.940 bits per heavy atom. The number of nitrogens with zero attached hydrogens (tertiary/aromatic N) is 3. The van der Waals surface area contributed by atoms with E-state index in [2.05, 4.69) is 219 Å². The molecular formula is C74H68BN3O6. The van der Waals surface area contributed by atoms with Crippen LogP contribution in [0.1, 0.15) is 90.1 Å². The highest BCUT2D eigenvalue weighted by atomic mass is 16.4. The van der Waals surface area contributed by atoms with Gasteiger partial charge in [0.1, 0.15) is 16.9 Å². The predicted octanol–water partition coefficient (Wildman–Crippen LogP) is 17.5. The molecule has 2 aliphatic rings. The number of anilines is 9. The number of hydrogen-bond acceptors (Lipinski definition) is 9. The molecule has 0 bridgehead atoms. The highest BCUT2D eigenvalue weighted by Gasteiger charge is 2.45. The lowest BCUT2D eigenvalue weighted by Crippen LogP contribution is -2.61. The minimum atomic E-state index is -1.04. The molecule has 1 aromatic heterocycles. The van der Waals surface area contributed by atoms with Gasteiger partial charge in [0.25, 0.3) is 6.71 Å². The first-order chi connectivity index (χ1) is 40.0. The van der Waals surface area contributed by atoms with Gasteiger partial charge in [-0.1, -0.05) is 184 Å². The molecule has 10 aromatic carbocycles. The van der Waals surface area contributed by atoms with Gasteiger partial charge in [-0.05, 0) is 152 Å². The summed E-state index contributed by atoms with van der Waals surface area (Å²) < 4.78 is 6.58. The van der Waals surface area contributed by atoms with Crippen LogP contribution >= 0.6 is 0 Å². The number of benzene rings is 10. The van der Waals surface area contributed by atoms with E-state index in [-0.39, 0.29) is 28.6 Å². The minimum Gasteiger partial charge on any atom is -0.503 e. The monoisotopic (exact) mass is 1110 g/mol. The second-order valence-corrected chi connectivity index (χ2v) is 25.9. The van der Waals surface area contributed by atoms with Crippen LogP contribution in [0.4, 0.5) is 51.2 Å². The Kier molecular flexibility index (Phi) is 12.3. The Balaban J connectivity index is 1.12. The van der Waals surface area contributed by atoms with Crippen LogP contribution in [0.5, 0.6) is 28.7 Å². The summed E-state index contributed by atoms with van der Waals surface area (Å²) in [6, 6.07) is 63.9. The maximum absolute atomic E-state index is 11.9. The number of para-hydroxylation sites is 2. The zero-order valence-corrected chi connectivity index (χ0v) is 49.4. The van der Waals surface area contributed by atoms with Gasteiger partial charge in [0.05, 0.1) is 5.69 Å². The van der Waals surface area contributed by atoms with Crippen molar-refractivity contribution in [3.05, 3.63) is 210 Å². The number of phenols is 5. The fraction of sp³-hybridized carbons (Fsp3) is 0.189. The molecule has 0 aliphatic carbocycles. The van der Waals surface area contributed by atoms with Crippen LogP contribution < -0.4 is 31.1 Å². The third-order valence-corrected chi connectivity index (χ3v) is 17.3. The van der Waals surface area contributed by atoms with Gasteiger partial charge in [0, 0.05) is 56.1 Å². The van der Waals surface area contributed by atoms with E-state index in [4.69, 9.17) is 4.42 Å². The van der Waals surface area contributed by atoms with Gasteiger partial charge < -0.3 is 44.6 Å². The van der Waals surface area contributed by atoms with Crippen molar-refractivity contribution in [2.24, 2.45) is 0 Å². The predicted molar refractivity (Wildman–Crippen MR) is 347 cm³/mol. The Morgan fingerprint density at radius 1 is 0.417 bits per heavy atom. The van der Waals surface area contributed by atoms with E-state index in [0.717, 1.165) is 106 Å². The van der Waals surface area contributed by atoms with Crippen molar-refractivity contribution < 1.29 is 29.9 Å². The Labute approximate surface area is 491 Å². The van der Waals surface area contributed by atoms with Gasteiger partial charge in [0.2, 0.25) is 17.2 Å². The molecule has 84 heavy (non-hydrogen) atoms. The maximum atomic E-state index is 11.9. The molecule has 0 saturated carbocycles. The molecule has 0 saturated heterocycles. The molecule has 0 atom stereocenters. The highest BCUT2D eigenvalue weighted by Crippen LogP contribution is 2.59. The van der Waals surface area contributed by atoms with Crippen molar-refractivity contribution in [1.82, 2.24) is 0 Å². The fourth-order valence-electron chi connectivity index (χ4n) is 12.8. The van der Waals surface area contributed by atoms with Crippen molar-refractivity contribution in [1.29, 1.82) is 0 Å². The first-order valence-corrected chi connectivity index (χ1v) is 28.8. The van der Waals surface area contributed by atoms with Gasteiger partial charge in [-0.3, -0.25) is 0 Å². The molecule has 2 aliphatic heterocycles. The molecule has 0 fully saturated rings. The lowest BCUT2D eigenvalue weighted by Gasteiger charge is -2.46. The molecule has 418 valence electrons. The number of aryl methyl sites for hydroxylation is 2. The molecule has 0 unspecified atom stereocenters. The topological polar surface area (TPSA) is 124 Å². The number of rotatable bonds is 7. The summed E-state index contributed by atoms with van der Waals surface area (Å²) in [6.07, 6.45) is 0. The normalized spacial score (nSPS) is 13.1. The van der Waals surface area contributed by atoms with Crippen molar-refractivity contribution in [2.45, 2.75) is 92.4 Å². The van der Waals surface area contributed by atoms with E-state index >= 15 is 0 Å². The van der Waals surface area contributed by atoms with E-state index in [9.17, 15) is 25.5 Å². The zero-order chi connectivity index (χ0) is 59.1. The largest absolute Gasteiger partial charge is 0.503 e. The first kappa shape index (κ1) is 53.8. The smallest absolute Gasteiger partial charge is 0.252 e.